The average molecular weight is 366 g/mol. The van der Waals surface area contributed by atoms with Gasteiger partial charge in [0.2, 0.25) is 0 Å². The molecule has 0 saturated carbocycles. The number of rotatable bonds is 4. The minimum atomic E-state index is -0.690. The van der Waals surface area contributed by atoms with Crippen molar-refractivity contribution in [2.24, 2.45) is 0 Å². The van der Waals surface area contributed by atoms with Gasteiger partial charge in [0.15, 0.2) is 0 Å². The third-order valence-electron chi connectivity index (χ3n) is 4.63. The predicted molar refractivity (Wildman–Crippen MR) is 94.5 cm³/mol. The maximum Gasteiger partial charge on any atom is 0.417 e. The molecule has 2 heterocycles. The third kappa shape index (κ3) is 3.48. The Morgan fingerprint density at radius 3 is 2.41 bits per heavy atom. The van der Waals surface area contributed by atoms with Crippen LogP contribution >= 0.6 is 0 Å². The lowest BCUT2D eigenvalue weighted by Gasteiger charge is -2.19. The summed E-state index contributed by atoms with van der Waals surface area (Å²) in [6, 6.07) is 17.3. The zero-order valence-corrected chi connectivity index (χ0v) is 14.5. The molecule has 2 aromatic carbocycles. The molecular weight excluding hydrogens is 348 g/mol. The number of hydrogen-bond acceptors (Lipinski definition) is 5. The minimum Gasteiger partial charge on any atom is -0.446 e. The number of imide groups is 1. The van der Waals surface area contributed by atoms with Crippen LogP contribution in [0.2, 0.25) is 0 Å². The van der Waals surface area contributed by atoms with E-state index in [4.69, 9.17) is 9.47 Å². The summed E-state index contributed by atoms with van der Waals surface area (Å²) >= 11 is 0. The van der Waals surface area contributed by atoms with E-state index in [1.54, 1.807) is 0 Å². The first-order valence-corrected chi connectivity index (χ1v) is 8.67. The van der Waals surface area contributed by atoms with E-state index >= 15 is 0 Å². The van der Waals surface area contributed by atoms with Crippen LogP contribution < -0.4 is 0 Å². The van der Waals surface area contributed by atoms with Crippen LogP contribution in [-0.2, 0) is 20.9 Å². The Hall–Kier alpha value is -3.35. The van der Waals surface area contributed by atoms with Crippen molar-refractivity contribution in [3.05, 3.63) is 71.8 Å². The second-order valence-electron chi connectivity index (χ2n) is 6.42. The Labute approximate surface area is 156 Å². The predicted octanol–water partition coefficient (Wildman–Crippen LogP) is 2.73. The fraction of sp³-hybridized carbons (Fsp3) is 0.250. The molecule has 0 radical (unpaired) electrons. The molecule has 0 aliphatic carbocycles. The van der Waals surface area contributed by atoms with E-state index in [1.165, 1.54) is 4.90 Å². The molecular formula is C20H18N2O5. The molecule has 3 amide bonds. The van der Waals surface area contributed by atoms with Gasteiger partial charge in [-0.25, -0.2) is 14.5 Å². The molecule has 2 aliphatic rings. The summed E-state index contributed by atoms with van der Waals surface area (Å²) in [6.45, 7) is 0.479. The summed E-state index contributed by atoms with van der Waals surface area (Å²) in [4.78, 5) is 39.4. The number of amides is 3. The van der Waals surface area contributed by atoms with Crippen LogP contribution in [0, 0.1) is 0 Å². The van der Waals surface area contributed by atoms with Crippen LogP contribution in [0.15, 0.2) is 60.7 Å². The van der Waals surface area contributed by atoms with Gasteiger partial charge in [-0.2, -0.15) is 0 Å². The molecule has 2 aromatic rings. The van der Waals surface area contributed by atoms with Crippen molar-refractivity contribution in [2.45, 2.75) is 18.7 Å². The van der Waals surface area contributed by atoms with Gasteiger partial charge in [0, 0.05) is 0 Å². The molecule has 138 valence electrons. The quantitative estimate of drug-likeness (QED) is 0.778. The lowest BCUT2D eigenvalue weighted by Crippen LogP contribution is -2.39. The highest BCUT2D eigenvalue weighted by Gasteiger charge is 2.52. The largest absolute Gasteiger partial charge is 0.446 e. The van der Waals surface area contributed by atoms with E-state index in [2.05, 4.69) is 0 Å². The van der Waals surface area contributed by atoms with E-state index in [0.717, 1.165) is 16.0 Å². The van der Waals surface area contributed by atoms with Crippen molar-refractivity contribution in [2.75, 3.05) is 13.2 Å². The number of carbonyl (C=O) groups is 3. The molecule has 7 heteroatoms. The summed E-state index contributed by atoms with van der Waals surface area (Å²) in [5.41, 5.74) is 1.68. The summed E-state index contributed by atoms with van der Waals surface area (Å²) in [6.07, 6.45) is -1.25. The molecule has 0 bridgehead atoms. The van der Waals surface area contributed by atoms with Gasteiger partial charge in [-0.05, 0) is 11.1 Å². The second-order valence-corrected chi connectivity index (χ2v) is 6.42. The van der Waals surface area contributed by atoms with Gasteiger partial charge in [0.25, 0.3) is 5.91 Å². The van der Waals surface area contributed by atoms with E-state index in [-0.39, 0.29) is 19.8 Å². The van der Waals surface area contributed by atoms with Crippen LogP contribution in [0.3, 0.4) is 0 Å². The number of ether oxygens (including phenoxy) is 2. The van der Waals surface area contributed by atoms with E-state index in [1.807, 2.05) is 60.7 Å². The summed E-state index contributed by atoms with van der Waals surface area (Å²) in [7, 11) is 0. The molecule has 0 aromatic heterocycles. The van der Waals surface area contributed by atoms with E-state index < -0.39 is 30.2 Å². The summed E-state index contributed by atoms with van der Waals surface area (Å²) < 4.78 is 10.3. The normalized spacial score (nSPS) is 21.0. The van der Waals surface area contributed by atoms with E-state index in [9.17, 15) is 14.4 Å². The molecule has 0 unspecified atom stereocenters. The van der Waals surface area contributed by atoms with Crippen molar-refractivity contribution in [3.63, 3.8) is 0 Å². The highest BCUT2D eigenvalue weighted by molar-refractivity contribution is 6.00. The Bertz CT molecular complexity index is 855. The van der Waals surface area contributed by atoms with Crippen molar-refractivity contribution in [1.82, 2.24) is 9.80 Å². The molecule has 0 spiro atoms. The number of cyclic esters (lactones) is 1. The molecule has 27 heavy (non-hydrogen) atoms. The van der Waals surface area contributed by atoms with Crippen LogP contribution in [-0.4, -0.2) is 47.1 Å². The van der Waals surface area contributed by atoms with Gasteiger partial charge in [-0.15, -0.1) is 0 Å². The summed E-state index contributed by atoms with van der Waals surface area (Å²) in [5.74, 6) is -0.442. The monoisotopic (exact) mass is 366 g/mol. The number of carbonyl (C=O) groups excluding carboxylic acids is 3. The molecule has 7 nitrogen and oxygen atoms in total. The first-order chi connectivity index (χ1) is 13.1. The summed E-state index contributed by atoms with van der Waals surface area (Å²) in [5, 5.41) is 0. The SMILES string of the molecule is O=C(OCc1ccccc1)N1C[C@@H]1C(=O)N1C(=O)OC[C@@H]1c1ccccc1. The third-order valence-corrected chi connectivity index (χ3v) is 4.63. The smallest absolute Gasteiger partial charge is 0.417 e. The Kier molecular flexibility index (Phi) is 4.50. The Morgan fingerprint density at radius 1 is 1.04 bits per heavy atom. The van der Waals surface area contributed by atoms with Gasteiger partial charge in [0.05, 0.1) is 6.54 Å². The first-order valence-electron chi connectivity index (χ1n) is 8.67. The maximum atomic E-state index is 12.8. The van der Waals surface area contributed by atoms with Gasteiger partial charge < -0.3 is 9.47 Å². The lowest BCUT2D eigenvalue weighted by molar-refractivity contribution is -0.129. The first kappa shape index (κ1) is 17.1. The molecule has 2 saturated heterocycles. The number of nitrogens with zero attached hydrogens (tertiary/aromatic N) is 2. The molecule has 0 N–H and O–H groups in total. The second kappa shape index (κ2) is 7.11. The molecule has 4 rings (SSSR count). The number of hydrogen-bond donors (Lipinski definition) is 0. The van der Waals surface area contributed by atoms with E-state index in [0.29, 0.717) is 0 Å². The highest BCUT2D eigenvalue weighted by Crippen LogP contribution is 2.32. The van der Waals surface area contributed by atoms with Crippen molar-refractivity contribution >= 4 is 18.1 Å². The van der Waals surface area contributed by atoms with Crippen molar-refractivity contribution in [1.29, 1.82) is 0 Å². The zero-order valence-electron chi connectivity index (χ0n) is 14.5. The van der Waals surface area contributed by atoms with Crippen molar-refractivity contribution < 1.29 is 23.9 Å². The highest BCUT2D eigenvalue weighted by atomic mass is 16.6. The number of benzene rings is 2. The Morgan fingerprint density at radius 2 is 1.70 bits per heavy atom. The molecule has 2 fully saturated rings. The van der Waals surface area contributed by atoms with Crippen LogP contribution in [0.25, 0.3) is 0 Å². The maximum absolute atomic E-state index is 12.8. The van der Waals surface area contributed by atoms with Crippen LogP contribution in [0.4, 0.5) is 9.59 Å². The average Bonchev–Trinajstić information content (AvgIpc) is 3.42. The van der Waals surface area contributed by atoms with Crippen LogP contribution in [0.5, 0.6) is 0 Å². The Balaban J connectivity index is 1.38. The van der Waals surface area contributed by atoms with Gasteiger partial charge in [-0.1, -0.05) is 60.7 Å². The van der Waals surface area contributed by atoms with Gasteiger partial charge in [-0.3, -0.25) is 9.69 Å². The molecule has 2 aliphatic heterocycles. The minimum absolute atomic E-state index is 0.111. The lowest BCUT2D eigenvalue weighted by atomic mass is 10.1. The fourth-order valence-corrected chi connectivity index (χ4v) is 3.10. The topological polar surface area (TPSA) is 75.9 Å². The fourth-order valence-electron chi connectivity index (χ4n) is 3.10. The van der Waals surface area contributed by atoms with Crippen molar-refractivity contribution in [3.8, 4) is 0 Å². The van der Waals surface area contributed by atoms with Gasteiger partial charge in [0.1, 0.15) is 25.3 Å². The van der Waals surface area contributed by atoms with Gasteiger partial charge >= 0.3 is 12.2 Å². The molecule has 2 atom stereocenters. The van der Waals surface area contributed by atoms with Crippen LogP contribution in [0.1, 0.15) is 17.2 Å². The zero-order chi connectivity index (χ0) is 18.8. The standard InChI is InChI=1S/C20H18N2O5/c23-18(22-17(13-27-20(22)25)15-9-5-2-6-10-15)16-11-21(16)19(24)26-12-14-7-3-1-4-8-14/h1-10,16-17H,11-13H2/t16-,17-,21?/m1/s1.